The van der Waals surface area contributed by atoms with E-state index in [9.17, 15) is 14.3 Å². The van der Waals surface area contributed by atoms with Crippen LogP contribution in [0.1, 0.15) is 50.5 Å². The molecule has 1 aromatic rings. The van der Waals surface area contributed by atoms with Gasteiger partial charge in [0.05, 0.1) is 11.5 Å². The Morgan fingerprint density at radius 1 is 1.24 bits per heavy atom. The van der Waals surface area contributed by atoms with Crippen molar-refractivity contribution >= 4 is 5.91 Å². The first-order valence-corrected chi connectivity index (χ1v) is 7.85. The Labute approximate surface area is 124 Å². The third-order valence-electron chi connectivity index (χ3n) is 5.05. The highest BCUT2D eigenvalue weighted by atomic mass is 19.1. The molecule has 2 aliphatic carbocycles. The summed E-state index contributed by atoms with van der Waals surface area (Å²) in [6, 6.07) is 6.58. The molecule has 2 saturated carbocycles. The predicted molar refractivity (Wildman–Crippen MR) is 78.3 cm³/mol. The zero-order chi connectivity index (χ0) is 14.9. The first kappa shape index (κ1) is 14.5. The monoisotopic (exact) mass is 291 g/mol. The van der Waals surface area contributed by atoms with Gasteiger partial charge in [0, 0.05) is 6.04 Å². The molecule has 2 aliphatic rings. The smallest absolute Gasteiger partial charge is 0.230 e. The van der Waals surface area contributed by atoms with Gasteiger partial charge in [-0.25, -0.2) is 4.39 Å². The van der Waals surface area contributed by atoms with Gasteiger partial charge in [-0.3, -0.25) is 4.79 Å². The molecular formula is C17H22FNO2. The summed E-state index contributed by atoms with van der Waals surface area (Å²) in [5.74, 6) is -0.256. The van der Waals surface area contributed by atoms with Crippen LogP contribution in [0.5, 0.6) is 0 Å². The summed E-state index contributed by atoms with van der Waals surface area (Å²) < 4.78 is 13.5. The van der Waals surface area contributed by atoms with Crippen LogP contribution in [0.25, 0.3) is 0 Å². The van der Waals surface area contributed by atoms with Crippen LogP contribution in [0.3, 0.4) is 0 Å². The molecule has 3 rings (SSSR count). The summed E-state index contributed by atoms with van der Waals surface area (Å²) in [4.78, 5) is 12.7. The van der Waals surface area contributed by atoms with Crippen LogP contribution < -0.4 is 5.32 Å². The van der Waals surface area contributed by atoms with Crippen LogP contribution in [0.2, 0.25) is 0 Å². The van der Waals surface area contributed by atoms with Gasteiger partial charge in [0.2, 0.25) is 5.91 Å². The minimum Gasteiger partial charge on any atom is -0.393 e. The normalized spacial score (nSPS) is 27.7. The van der Waals surface area contributed by atoms with Crippen molar-refractivity contribution in [1.29, 1.82) is 0 Å². The third kappa shape index (κ3) is 2.82. The number of carbonyl (C=O) groups excluding carboxylic acids is 1. The summed E-state index contributed by atoms with van der Waals surface area (Å²) >= 11 is 0. The molecule has 1 aromatic carbocycles. The van der Waals surface area contributed by atoms with Crippen molar-refractivity contribution < 1.29 is 14.3 Å². The van der Waals surface area contributed by atoms with E-state index in [0.29, 0.717) is 0 Å². The molecular weight excluding hydrogens is 269 g/mol. The lowest BCUT2D eigenvalue weighted by Crippen LogP contribution is -2.52. The molecule has 3 nitrogen and oxygen atoms in total. The fourth-order valence-electron chi connectivity index (χ4n) is 3.51. The molecule has 0 radical (unpaired) electrons. The van der Waals surface area contributed by atoms with Crippen LogP contribution >= 0.6 is 0 Å². The molecule has 0 unspecified atom stereocenters. The minimum atomic E-state index is -0.543. The van der Waals surface area contributed by atoms with Crippen LogP contribution in [0.4, 0.5) is 4.39 Å². The molecule has 0 saturated heterocycles. The lowest BCUT2D eigenvalue weighted by atomic mass is 9.63. The standard InChI is InChI=1S/C17H22FNO2/c18-13-4-1-3-12(11-13)17(9-2-10-17)16(21)19-14-5-7-15(20)8-6-14/h1,3-4,11,14-15,20H,2,5-10H2,(H,19,21). The zero-order valence-electron chi connectivity index (χ0n) is 12.1. The van der Waals surface area contributed by atoms with E-state index in [4.69, 9.17) is 0 Å². The number of halogens is 1. The maximum absolute atomic E-state index is 13.5. The summed E-state index contributed by atoms with van der Waals surface area (Å²) in [5.41, 5.74) is 0.250. The van der Waals surface area contributed by atoms with Gasteiger partial charge in [-0.05, 0) is 56.2 Å². The molecule has 0 aromatic heterocycles. The molecule has 1 amide bonds. The SMILES string of the molecule is O=C(NC1CCC(O)CC1)C1(c2cccc(F)c2)CCC1. The van der Waals surface area contributed by atoms with Crippen molar-refractivity contribution in [1.82, 2.24) is 5.32 Å². The minimum absolute atomic E-state index is 0.0285. The van der Waals surface area contributed by atoms with Gasteiger partial charge in [0.1, 0.15) is 5.82 Å². The van der Waals surface area contributed by atoms with E-state index in [1.54, 1.807) is 6.07 Å². The number of nitrogens with one attached hydrogen (secondary N) is 1. The highest BCUT2D eigenvalue weighted by Gasteiger charge is 2.46. The van der Waals surface area contributed by atoms with Crippen LogP contribution in [0, 0.1) is 5.82 Å². The summed E-state index contributed by atoms with van der Waals surface area (Å²) in [6.07, 6.45) is 5.51. The first-order valence-electron chi connectivity index (χ1n) is 7.85. The van der Waals surface area contributed by atoms with Gasteiger partial charge >= 0.3 is 0 Å². The van der Waals surface area contributed by atoms with Crippen molar-refractivity contribution in [3.8, 4) is 0 Å². The van der Waals surface area contributed by atoms with Crippen molar-refractivity contribution in [3.63, 3.8) is 0 Å². The Morgan fingerprint density at radius 2 is 1.95 bits per heavy atom. The van der Waals surface area contributed by atoms with Crippen LogP contribution in [-0.2, 0) is 10.2 Å². The fourth-order valence-corrected chi connectivity index (χ4v) is 3.51. The lowest BCUT2D eigenvalue weighted by molar-refractivity contribution is -0.131. The second-order valence-electron chi connectivity index (χ2n) is 6.42. The fraction of sp³-hybridized carbons (Fsp3) is 0.588. The number of aliphatic hydroxyl groups excluding tert-OH is 1. The highest BCUT2D eigenvalue weighted by Crippen LogP contribution is 2.44. The average Bonchev–Trinajstić information content (AvgIpc) is 2.40. The van der Waals surface area contributed by atoms with Gasteiger partial charge in [0.15, 0.2) is 0 Å². The second-order valence-corrected chi connectivity index (χ2v) is 6.42. The Bertz CT molecular complexity index is 519. The van der Waals surface area contributed by atoms with E-state index < -0.39 is 5.41 Å². The van der Waals surface area contributed by atoms with Crippen molar-refractivity contribution in [3.05, 3.63) is 35.6 Å². The van der Waals surface area contributed by atoms with E-state index in [-0.39, 0.29) is 23.9 Å². The predicted octanol–water partition coefficient (Wildman–Crippen LogP) is 2.67. The van der Waals surface area contributed by atoms with Crippen molar-refractivity contribution in [2.45, 2.75) is 62.5 Å². The number of amides is 1. The number of hydrogen-bond donors (Lipinski definition) is 2. The topological polar surface area (TPSA) is 49.3 Å². The number of carbonyl (C=O) groups is 1. The molecule has 0 aliphatic heterocycles. The quantitative estimate of drug-likeness (QED) is 0.899. The maximum Gasteiger partial charge on any atom is 0.230 e. The molecule has 2 fully saturated rings. The molecule has 0 spiro atoms. The summed E-state index contributed by atoms with van der Waals surface area (Å²) in [6.45, 7) is 0. The van der Waals surface area contributed by atoms with E-state index in [1.165, 1.54) is 12.1 Å². The van der Waals surface area contributed by atoms with Crippen molar-refractivity contribution in [2.75, 3.05) is 0 Å². The second kappa shape index (κ2) is 5.76. The maximum atomic E-state index is 13.5. The lowest BCUT2D eigenvalue weighted by Gasteiger charge is -2.42. The van der Waals surface area contributed by atoms with Gasteiger partial charge < -0.3 is 10.4 Å². The largest absolute Gasteiger partial charge is 0.393 e. The van der Waals surface area contributed by atoms with Gasteiger partial charge in [-0.1, -0.05) is 18.6 Å². The molecule has 0 heterocycles. The summed E-state index contributed by atoms with van der Waals surface area (Å²) in [5, 5.41) is 12.7. The number of aliphatic hydroxyl groups is 1. The molecule has 21 heavy (non-hydrogen) atoms. The van der Waals surface area contributed by atoms with Gasteiger partial charge in [-0.15, -0.1) is 0 Å². The van der Waals surface area contributed by atoms with Gasteiger partial charge in [-0.2, -0.15) is 0 Å². The Balaban J connectivity index is 1.72. The van der Waals surface area contributed by atoms with E-state index in [0.717, 1.165) is 50.5 Å². The molecule has 114 valence electrons. The average molecular weight is 291 g/mol. The third-order valence-corrected chi connectivity index (χ3v) is 5.05. The molecule has 4 heteroatoms. The Hall–Kier alpha value is -1.42. The van der Waals surface area contributed by atoms with Crippen LogP contribution in [-0.4, -0.2) is 23.2 Å². The Morgan fingerprint density at radius 3 is 2.52 bits per heavy atom. The highest BCUT2D eigenvalue weighted by molar-refractivity contribution is 5.89. The number of hydrogen-bond acceptors (Lipinski definition) is 2. The number of benzene rings is 1. The molecule has 0 atom stereocenters. The number of rotatable bonds is 3. The van der Waals surface area contributed by atoms with Crippen LogP contribution in [0.15, 0.2) is 24.3 Å². The van der Waals surface area contributed by atoms with Gasteiger partial charge in [0.25, 0.3) is 0 Å². The van der Waals surface area contributed by atoms with E-state index in [1.807, 2.05) is 6.07 Å². The first-order chi connectivity index (χ1) is 10.1. The van der Waals surface area contributed by atoms with E-state index in [2.05, 4.69) is 5.32 Å². The van der Waals surface area contributed by atoms with Crippen molar-refractivity contribution in [2.24, 2.45) is 0 Å². The van der Waals surface area contributed by atoms with E-state index >= 15 is 0 Å². The molecule has 0 bridgehead atoms. The summed E-state index contributed by atoms with van der Waals surface area (Å²) in [7, 11) is 0. The Kier molecular flexibility index (Phi) is 3.98. The molecule has 2 N–H and O–H groups in total. The zero-order valence-corrected chi connectivity index (χ0v) is 12.1.